The first-order valence-electron chi connectivity index (χ1n) is 32.7. The molecule has 0 aromatic rings. The lowest BCUT2D eigenvalue weighted by Gasteiger charge is -2.18. The van der Waals surface area contributed by atoms with Crippen LogP contribution in [0.25, 0.3) is 0 Å². The Hall–Kier alpha value is -4.45. The van der Waals surface area contributed by atoms with Gasteiger partial charge in [0.25, 0.3) is 0 Å². The lowest BCUT2D eigenvalue weighted by Crippen LogP contribution is -2.30. The maximum Gasteiger partial charge on any atom is 0.306 e. The van der Waals surface area contributed by atoms with Crippen LogP contribution in [-0.2, 0) is 28.6 Å². The van der Waals surface area contributed by atoms with Crippen molar-refractivity contribution in [1.82, 2.24) is 0 Å². The third-order valence-electron chi connectivity index (χ3n) is 13.6. The Morgan fingerprint density at radius 1 is 0.253 bits per heavy atom. The van der Waals surface area contributed by atoms with Crippen LogP contribution in [0.4, 0.5) is 0 Å². The Morgan fingerprint density at radius 2 is 0.456 bits per heavy atom. The number of esters is 3. The summed E-state index contributed by atoms with van der Waals surface area (Å²) in [5.41, 5.74) is 0. The number of rotatable bonds is 58. The standard InChI is InChI=1S/C73H120O6/c1-4-7-10-13-16-19-22-25-27-29-30-31-32-33-34-35-36-37-38-39-40-41-42-44-45-48-51-54-57-60-63-66-72(75)78-69-70(68-77-71(74)65-62-59-56-53-50-47-24-21-18-15-12-9-6-3)79-73(76)67-64-61-58-55-52-49-46-43-28-26-23-20-17-14-11-8-5-2/h7-12,16-21,25-28,30-31,33-34,47,50,70H,4-6,13-15,22-24,29,32,35-46,48-49,51-69H2,1-3H3/b10-7-,11-8-,12-9-,19-16-,20-17-,21-18-,27-25-,28-26-,31-30-,34-33-,50-47-. The van der Waals surface area contributed by atoms with Gasteiger partial charge in [-0.25, -0.2) is 0 Å². The van der Waals surface area contributed by atoms with Crippen LogP contribution < -0.4 is 0 Å². The summed E-state index contributed by atoms with van der Waals surface area (Å²) >= 11 is 0. The van der Waals surface area contributed by atoms with Gasteiger partial charge < -0.3 is 14.2 Å². The first kappa shape index (κ1) is 74.5. The molecule has 0 spiro atoms. The number of hydrogen-bond donors (Lipinski definition) is 0. The van der Waals surface area contributed by atoms with Crippen LogP contribution in [0, 0.1) is 0 Å². The molecule has 1 unspecified atom stereocenters. The third-order valence-corrected chi connectivity index (χ3v) is 13.6. The molecular weight excluding hydrogens is 973 g/mol. The van der Waals surface area contributed by atoms with Gasteiger partial charge >= 0.3 is 17.9 Å². The summed E-state index contributed by atoms with van der Waals surface area (Å²) in [5, 5.41) is 0. The van der Waals surface area contributed by atoms with Crippen LogP contribution in [-0.4, -0.2) is 37.2 Å². The maximum atomic E-state index is 12.9. The topological polar surface area (TPSA) is 78.9 Å². The van der Waals surface area contributed by atoms with Crippen LogP contribution >= 0.6 is 0 Å². The lowest BCUT2D eigenvalue weighted by molar-refractivity contribution is -0.167. The monoisotopic (exact) mass is 1090 g/mol. The number of unbranched alkanes of at least 4 members (excludes halogenated alkanes) is 25. The molecule has 0 heterocycles. The predicted molar refractivity (Wildman–Crippen MR) is 343 cm³/mol. The van der Waals surface area contributed by atoms with Crippen LogP contribution in [0.2, 0.25) is 0 Å². The minimum Gasteiger partial charge on any atom is -0.462 e. The van der Waals surface area contributed by atoms with Gasteiger partial charge in [-0.3, -0.25) is 14.4 Å². The largest absolute Gasteiger partial charge is 0.462 e. The Bertz CT molecular complexity index is 1680. The van der Waals surface area contributed by atoms with Gasteiger partial charge in [0.05, 0.1) is 0 Å². The summed E-state index contributed by atoms with van der Waals surface area (Å²) in [6.07, 6.45) is 93.3. The van der Waals surface area contributed by atoms with Crippen molar-refractivity contribution in [3.05, 3.63) is 134 Å². The zero-order valence-corrected chi connectivity index (χ0v) is 51.3. The molecule has 79 heavy (non-hydrogen) atoms. The molecule has 6 nitrogen and oxygen atoms in total. The van der Waals surface area contributed by atoms with Crippen molar-refractivity contribution in [2.45, 2.75) is 297 Å². The average Bonchev–Trinajstić information content (AvgIpc) is 3.45. The van der Waals surface area contributed by atoms with Crippen molar-refractivity contribution in [2.75, 3.05) is 13.2 Å². The Morgan fingerprint density at radius 3 is 0.722 bits per heavy atom. The average molecular weight is 1090 g/mol. The molecule has 0 aromatic heterocycles. The van der Waals surface area contributed by atoms with Gasteiger partial charge in [-0.2, -0.15) is 0 Å². The summed E-state index contributed by atoms with van der Waals surface area (Å²) in [7, 11) is 0. The van der Waals surface area contributed by atoms with Crippen molar-refractivity contribution < 1.29 is 28.6 Å². The minimum atomic E-state index is -0.800. The number of carbonyl (C=O) groups excluding carboxylic acids is 3. The molecule has 0 N–H and O–H groups in total. The van der Waals surface area contributed by atoms with Crippen molar-refractivity contribution in [3.8, 4) is 0 Å². The van der Waals surface area contributed by atoms with E-state index in [0.29, 0.717) is 19.3 Å². The number of carbonyl (C=O) groups is 3. The van der Waals surface area contributed by atoms with E-state index in [4.69, 9.17) is 14.2 Å². The number of hydrogen-bond acceptors (Lipinski definition) is 6. The highest BCUT2D eigenvalue weighted by Gasteiger charge is 2.19. The molecule has 0 saturated heterocycles. The molecule has 0 fully saturated rings. The first-order valence-corrected chi connectivity index (χ1v) is 32.7. The molecule has 0 aliphatic rings. The lowest BCUT2D eigenvalue weighted by atomic mass is 10.0. The van der Waals surface area contributed by atoms with Gasteiger partial charge in [-0.05, 0) is 128 Å². The molecule has 0 aliphatic heterocycles. The molecule has 0 saturated carbocycles. The summed E-state index contributed by atoms with van der Waals surface area (Å²) in [6, 6.07) is 0. The highest BCUT2D eigenvalue weighted by Crippen LogP contribution is 2.16. The van der Waals surface area contributed by atoms with Crippen molar-refractivity contribution in [3.63, 3.8) is 0 Å². The molecule has 0 rings (SSSR count). The van der Waals surface area contributed by atoms with Gasteiger partial charge in [0.15, 0.2) is 6.10 Å². The van der Waals surface area contributed by atoms with Crippen LogP contribution in [0.3, 0.4) is 0 Å². The van der Waals surface area contributed by atoms with E-state index in [1.165, 1.54) is 109 Å². The molecule has 0 aliphatic carbocycles. The van der Waals surface area contributed by atoms with E-state index in [0.717, 1.165) is 141 Å². The third kappa shape index (κ3) is 64.3. The van der Waals surface area contributed by atoms with Crippen molar-refractivity contribution >= 4 is 17.9 Å². The number of allylic oxidation sites excluding steroid dienone is 22. The summed E-state index contributed by atoms with van der Waals surface area (Å²) in [6.45, 7) is 6.28. The van der Waals surface area contributed by atoms with Crippen LogP contribution in [0.1, 0.15) is 290 Å². The fourth-order valence-electron chi connectivity index (χ4n) is 8.85. The predicted octanol–water partition coefficient (Wildman–Crippen LogP) is 22.5. The number of ether oxygens (including phenoxy) is 3. The van der Waals surface area contributed by atoms with Crippen LogP contribution in [0.15, 0.2) is 134 Å². The normalized spacial score (nSPS) is 13.0. The van der Waals surface area contributed by atoms with Crippen molar-refractivity contribution in [2.24, 2.45) is 0 Å². The molecule has 0 radical (unpaired) electrons. The van der Waals surface area contributed by atoms with E-state index < -0.39 is 6.10 Å². The maximum absolute atomic E-state index is 12.9. The molecule has 0 bridgehead atoms. The summed E-state index contributed by atoms with van der Waals surface area (Å²) < 4.78 is 16.9. The fraction of sp³-hybridized carbons (Fsp3) is 0.658. The van der Waals surface area contributed by atoms with E-state index in [1.807, 2.05) is 0 Å². The van der Waals surface area contributed by atoms with Crippen molar-refractivity contribution in [1.29, 1.82) is 0 Å². The molecule has 6 heteroatoms. The highest BCUT2D eigenvalue weighted by atomic mass is 16.6. The molecular formula is C73H120O6. The SMILES string of the molecule is CC/C=C\C/C=C\C/C=C\C/C=C\C/C=C\CCCCCCCCCCCCCCCCCC(=O)OCC(COC(=O)CCCCC/C=C\C/C=C\C/C=C\CC)OC(=O)CCCCCCCCC/C=C\C/C=C\C/C=C\CC. The summed E-state index contributed by atoms with van der Waals surface area (Å²) in [4.78, 5) is 38.3. The van der Waals surface area contributed by atoms with E-state index in [-0.39, 0.29) is 31.1 Å². The smallest absolute Gasteiger partial charge is 0.306 e. The van der Waals surface area contributed by atoms with E-state index in [1.54, 1.807) is 0 Å². The second-order valence-corrected chi connectivity index (χ2v) is 21.2. The second-order valence-electron chi connectivity index (χ2n) is 21.2. The van der Waals surface area contributed by atoms with Gasteiger partial charge in [-0.15, -0.1) is 0 Å². The second kappa shape index (κ2) is 66.1. The molecule has 0 amide bonds. The zero-order chi connectivity index (χ0) is 57.1. The van der Waals surface area contributed by atoms with Crippen LogP contribution in [0.5, 0.6) is 0 Å². The summed E-state index contributed by atoms with van der Waals surface area (Å²) in [5.74, 6) is -0.930. The zero-order valence-electron chi connectivity index (χ0n) is 51.3. The quantitative estimate of drug-likeness (QED) is 0.0261. The van der Waals surface area contributed by atoms with E-state index >= 15 is 0 Å². The molecule has 0 aromatic carbocycles. The minimum absolute atomic E-state index is 0.0935. The van der Waals surface area contributed by atoms with E-state index in [2.05, 4.69) is 154 Å². The van der Waals surface area contributed by atoms with Gasteiger partial charge in [-0.1, -0.05) is 276 Å². The molecule has 1 atom stereocenters. The fourth-order valence-corrected chi connectivity index (χ4v) is 8.85. The Labute approximate surface area is 487 Å². The Kier molecular flexibility index (Phi) is 62.3. The molecule has 448 valence electrons. The first-order chi connectivity index (χ1) is 39.0. The van der Waals surface area contributed by atoms with Gasteiger partial charge in [0, 0.05) is 19.3 Å². The highest BCUT2D eigenvalue weighted by molar-refractivity contribution is 5.71. The van der Waals surface area contributed by atoms with Gasteiger partial charge in [0.1, 0.15) is 13.2 Å². The van der Waals surface area contributed by atoms with E-state index in [9.17, 15) is 14.4 Å². The Balaban J connectivity index is 4.25. The van der Waals surface area contributed by atoms with Gasteiger partial charge in [0.2, 0.25) is 0 Å².